The Hall–Kier alpha value is -1.45. The standard InChI is InChI=1S/C12H16N2O2/c1-2-10-9(12(15)16)7-13-11(14-10)6-5-8-3-4-8/h7-8H,2-6H2,1H3,(H,15,16). The fourth-order valence-corrected chi connectivity index (χ4v) is 1.77. The van der Waals surface area contributed by atoms with Gasteiger partial charge >= 0.3 is 5.97 Å². The van der Waals surface area contributed by atoms with Gasteiger partial charge in [-0.25, -0.2) is 14.8 Å². The van der Waals surface area contributed by atoms with Crippen LogP contribution >= 0.6 is 0 Å². The van der Waals surface area contributed by atoms with Crippen LogP contribution in [0.4, 0.5) is 0 Å². The Morgan fingerprint density at radius 2 is 2.31 bits per heavy atom. The predicted molar refractivity (Wildman–Crippen MR) is 59.4 cm³/mol. The largest absolute Gasteiger partial charge is 0.478 e. The summed E-state index contributed by atoms with van der Waals surface area (Å²) >= 11 is 0. The summed E-state index contributed by atoms with van der Waals surface area (Å²) in [6.07, 6.45) is 6.74. The fraction of sp³-hybridized carbons (Fsp3) is 0.583. The van der Waals surface area contributed by atoms with E-state index in [1.54, 1.807) is 0 Å². The van der Waals surface area contributed by atoms with Crippen LogP contribution in [0.15, 0.2) is 6.20 Å². The number of aromatic nitrogens is 2. The molecule has 1 heterocycles. The Kier molecular flexibility index (Phi) is 3.17. The fourth-order valence-electron chi connectivity index (χ4n) is 1.77. The van der Waals surface area contributed by atoms with Crippen molar-refractivity contribution in [3.8, 4) is 0 Å². The van der Waals surface area contributed by atoms with Crippen LogP contribution in [0.2, 0.25) is 0 Å². The summed E-state index contributed by atoms with van der Waals surface area (Å²) in [7, 11) is 0. The van der Waals surface area contributed by atoms with Gasteiger partial charge in [-0.2, -0.15) is 0 Å². The molecule has 0 unspecified atom stereocenters. The molecule has 0 aromatic carbocycles. The second-order valence-electron chi connectivity index (χ2n) is 4.29. The van der Waals surface area contributed by atoms with Crippen molar-refractivity contribution in [3.05, 3.63) is 23.3 Å². The SMILES string of the molecule is CCc1nc(CCC2CC2)ncc1C(=O)O. The van der Waals surface area contributed by atoms with E-state index in [-0.39, 0.29) is 5.56 Å². The zero-order valence-electron chi connectivity index (χ0n) is 9.44. The molecule has 0 saturated heterocycles. The van der Waals surface area contributed by atoms with Gasteiger partial charge in [0.1, 0.15) is 5.82 Å². The topological polar surface area (TPSA) is 63.1 Å². The lowest BCUT2D eigenvalue weighted by molar-refractivity contribution is 0.0694. The normalized spacial score (nSPS) is 15.1. The summed E-state index contributed by atoms with van der Waals surface area (Å²) < 4.78 is 0. The molecule has 16 heavy (non-hydrogen) atoms. The van der Waals surface area contributed by atoms with Gasteiger partial charge in [-0.3, -0.25) is 0 Å². The van der Waals surface area contributed by atoms with Gasteiger partial charge in [0.25, 0.3) is 0 Å². The van der Waals surface area contributed by atoms with Gasteiger partial charge in [0, 0.05) is 12.6 Å². The molecule has 1 fully saturated rings. The zero-order valence-corrected chi connectivity index (χ0v) is 9.44. The number of nitrogens with zero attached hydrogens (tertiary/aromatic N) is 2. The van der Waals surface area contributed by atoms with E-state index in [1.165, 1.54) is 19.0 Å². The lowest BCUT2D eigenvalue weighted by atomic mass is 10.1. The summed E-state index contributed by atoms with van der Waals surface area (Å²) in [6.45, 7) is 1.92. The van der Waals surface area contributed by atoms with Crippen LogP contribution in [-0.2, 0) is 12.8 Å². The van der Waals surface area contributed by atoms with Crippen molar-refractivity contribution < 1.29 is 9.90 Å². The summed E-state index contributed by atoms with van der Waals surface area (Å²) in [6, 6.07) is 0. The number of aromatic carboxylic acids is 1. The highest BCUT2D eigenvalue weighted by molar-refractivity contribution is 5.88. The first-order chi connectivity index (χ1) is 7.70. The Balaban J connectivity index is 2.11. The molecule has 1 saturated carbocycles. The van der Waals surface area contributed by atoms with E-state index in [4.69, 9.17) is 5.11 Å². The highest BCUT2D eigenvalue weighted by atomic mass is 16.4. The van der Waals surface area contributed by atoms with E-state index in [2.05, 4.69) is 9.97 Å². The first kappa shape index (κ1) is 11.0. The molecule has 0 atom stereocenters. The molecule has 1 aromatic heterocycles. The molecule has 0 radical (unpaired) electrons. The summed E-state index contributed by atoms with van der Waals surface area (Å²) in [5.74, 6) is 0.701. The predicted octanol–water partition coefficient (Wildman–Crippen LogP) is 2.08. The first-order valence-corrected chi connectivity index (χ1v) is 5.78. The molecule has 1 aliphatic carbocycles. The molecular formula is C12H16N2O2. The third-order valence-electron chi connectivity index (χ3n) is 2.96. The van der Waals surface area contributed by atoms with Crippen molar-refractivity contribution >= 4 is 5.97 Å². The van der Waals surface area contributed by atoms with E-state index in [0.29, 0.717) is 12.1 Å². The van der Waals surface area contributed by atoms with Gasteiger partial charge < -0.3 is 5.11 Å². The molecule has 1 aromatic rings. The van der Waals surface area contributed by atoms with E-state index < -0.39 is 5.97 Å². The third kappa shape index (κ3) is 2.56. The van der Waals surface area contributed by atoms with Crippen LogP contribution in [-0.4, -0.2) is 21.0 Å². The minimum Gasteiger partial charge on any atom is -0.478 e. The van der Waals surface area contributed by atoms with Gasteiger partial charge in [0.05, 0.1) is 11.3 Å². The molecule has 0 amide bonds. The van der Waals surface area contributed by atoms with Crippen molar-refractivity contribution in [2.24, 2.45) is 5.92 Å². The quantitative estimate of drug-likeness (QED) is 0.825. The van der Waals surface area contributed by atoms with Crippen molar-refractivity contribution in [2.45, 2.75) is 39.0 Å². The van der Waals surface area contributed by atoms with Gasteiger partial charge in [0.15, 0.2) is 0 Å². The van der Waals surface area contributed by atoms with Crippen molar-refractivity contribution in [1.82, 2.24) is 9.97 Å². The minimum atomic E-state index is -0.939. The van der Waals surface area contributed by atoms with E-state index >= 15 is 0 Å². The van der Waals surface area contributed by atoms with E-state index in [0.717, 1.165) is 24.6 Å². The van der Waals surface area contributed by atoms with Gasteiger partial charge in [-0.15, -0.1) is 0 Å². The average molecular weight is 220 g/mol. The number of carbonyl (C=O) groups is 1. The van der Waals surface area contributed by atoms with Crippen LogP contribution in [0.5, 0.6) is 0 Å². The number of aryl methyl sites for hydroxylation is 2. The molecular weight excluding hydrogens is 204 g/mol. The van der Waals surface area contributed by atoms with E-state index in [1.807, 2.05) is 6.92 Å². The molecule has 2 rings (SSSR count). The number of carboxylic acid groups (broad SMARTS) is 1. The molecule has 4 nitrogen and oxygen atoms in total. The summed E-state index contributed by atoms with van der Waals surface area (Å²) in [5, 5.41) is 8.94. The second kappa shape index (κ2) is 4.60. The third-order valence-corrected chi connectivity index (χ3v) is 2.96. The van der Waals surface area contributed by atoms with Crippen LogP contribution in [0, 0.1) is 5.92 Å². The first-order valence-electron chi connectivity index (χ1n) is 5.78. The monoisotopic (exact) mass is 220 g/mol. The van der Waals surface area contributed by atoms with Crippen molar-refractivity contribution in [3.63, 3.8) is 0 Å². The highest BCUT2D eigenvalue weighted by Gasteiger charge is 2.21. The van der Waals surface area contributed by atoms with Gasteiger partial charge in [0.2, 0.25) is 0 Å². The maximum absolute atomic E-state index is 10.9. The number of hydrogen-bond acceptors (Lipinski definition) is 3. The van der Waals surface area contributed by atoms with Crippen LogP contribution in [0.3, 0.4) is 0 Å². The molecule has 0 bridgehead atoms. The lowest BCUT2D eigenvalue weighted by Crippen LogP contribution is -2.08. The van der Waals surface area contributed by atoms with Gasteiger partial charge in [-0.1, -0.05) is 19.8 Å². The lowest BCUT2D eigenvalue weighted by Gasteiger charge is -2.05. The molecule has 86 valence electrons. The molecule has 0 spiro atoms. The second-order valence-corrected chi connectivity index (χ2v) is 4.29. The minimum absolute atomic E-state index is 0.234. The Morgan fingerprint density at radius 3 is 2.88 bits per heavy atom. The summed E-state index contributed by atoms with van der Waals surface area (Å²) in [4.78, 5) is 19.3. The molecule has 4 heteroatoms. The Morgan fingerprint density at radius 1 is 1.56 bits per heavy atom. The highest BCUT2D eigenvalue weighted by Crippen LogP contribution is 2.33. The zero-order chi connectivity index (χ0) is 11.5. The van der Waals surface area contributed by atoms with Crippen LogP contribution in [0.25, 0.3) is 0 Å². The van der Waals surface area contributed by atoms with Crippen molar-refractivity contribution in [2.75, 3.05) is 0 Å². The maximum Gasteiger partial charge on any atom is 0.339 e. The van der Waals surface area contributed by atoms with Gasteiger partial charge in [-0.05, 0) is 18.8 Å². The Bertz CT molecular complexity index is 400. The van der Waals surface area contributed by atoms with Crippen molar-refractivity contribution in [1.29, 1.82) is 0 Å². The van der Waals surface area contributed by atoms with Crippen LogP contribution < -0.4 is 0 Å². The van der Waals surface area contributed by atoms with Crippen LogP contribution in [0.1, 0.15) is 48.1 Å². The molecule has 1 aliphatic rings. The van der Waals surface area contributed by atoms with E-state index in [9.17, 15) is 4.79 Å². The number of rotatable bonds is 5. The average Bonchev–Trinajstić information content (AvgIpc) is 3.09. The molecule has 0 aliphatic heterocycles. The number of carboxylic acids is 1. The molecule has 1 N–H and O–H groups in total. The number of hydrogen-bond donors (Lipinski definition) is 1. The smallest absolute Gasteiger partial charge is 0.339 e. The Labute approximate surface area is 94.7 Å². The maximum atomic E-state index is 10.9. The summed E-state index contributed by atoms with van der Waals surface area (Å²) in [5.41, 5.74) is 0.881.